The fourth-order valence-electron chi connectivity index (χ4n) is 9.44. The molecule has 0 bridgehead atoms. The molecule has 0 radical (unpaired) electrons. The van der Waals surface area contributed by atoms with Crippen molar-refractivity contribution in [2.24, 2.45) is 10.8 Å². The van der Waals surface area contributed by atoms with Crippen LogP contribution in [0.15, 0.2) is 115 Å². The molecule has 1 amide bonds. The number of para-hydroxylation sites is 1. The summed E-state index contributed by atoms with van der Waals surface area (Å²) >= 11 is 1.63. The SMILES string of the molecule is CCCC1(C)C=CC(OCCN(CCCP(O)O)C(=O)OCc2ccc(NC)cc2)CC(C)(CN/C(C)=C(\C=N)c2ccc(-c3ccc4cccc(-c5nc6ccccc6s5)c4c3)nc2C(=O)O)C1. The van der Waals surface area contributed by atoms with Crippen LogP contribution in [-0.4, -0.2) is 93.6 Å². The number of amides is 1. The van der Waals surface area contributed by atoms with Gasteiger partial charge < -0.3 is 45.3 Å². The minimum Gasteiger partial charge on any atom is -0.476 e. The number of anilines is 1. The number of nitrogens with one attached hydrogen (secondary N) is 3. The van der Waals surface area contributed by atoms with Crippen LogP contribution >= 0.6 is 19.7 Å². The molecule has 3 atom stereocenters. The number of thiazole rings is 1. The number of benzene rings is 4. The number of rotatable bonds is 21. The molecule has 362 valence electrons. The summed E-state index contributed by atoms with van der Waals surface area (Å²) in [4.78, 5) is 56.6. The molecule has 69 heavy (non-hydrogen) atoms. The Morgan fingerprint density at radius 3 is 2.52 bits per heavy atom. The summed E-state index contributed by atoms with van der Waals surface area (Å²) in [6, 6.07) is 31.4. The van der Waals surface area contributed by atoms with E-state index in [0.717, 1.165) is 67.6 Å². The third kappa shape index (κ3) is 13.0. The number of aromatic carboxylic acids is 1. The Balaban J connectivity index is 1.07. The summed E-state index contributed by atoms with van der Waals surface area (Å²) in [7, 11) is -0.244. The maximum absolute atomic E-state index is 13.3. The molecular weight excluding hydrogens is 908 g/mol. The molecule has 13 nitrogen and oxygen atoms in total. The van der Waals surface area contributed by atoms with Crippen molar-refractivity contribution in [2.75, 3.05) is 44.8 Å². The van der Waals surface area contributed by atoms with Crippen LogP contribution < -0.4 is 10.6 Å². The van der Waals surface area contributed by atoms with Gasteiger partial charge in [0.05, 0.1) is 28.6 Å². The Bertz CT molecular complexity index is 2800. The van der Waals surface area contributed by atoms with Crippen molar-refractivity contribution in [3.8, 4) is 21.8 Å². The second kappa shape index (κ2) is 23.1. The molecule has 6 aromatic rings. The van der Waals surface area contributed by atoms with Crippen molar-refractivity contribution in [3.63, 3.8) is 0 Å². The molecule has 4 aromatic carbocycles. The maximum atomic E-state index is 13.3. The molecule has 1 aliphatic rings. The number of carbonyl (C=O) groups is 2. The first-order chi connectivity index (χ1) is 33.2. The molecule has 0 saturated heterocycles. The van der Waals surface area contributed by atoms with E-state index in [9.17, 15) is 24.5 Å². The van der Waals surface area contributed by atoms with Gasteiger partial charge in [-0.25, -0.2) is 19.6 Å². The van der Waals surface area contributed by atoms with Crippen molar-refractivity contribution in [1.82, 2.24) is 20.2 Å². The van der Waals surface area contributed by atoms with Gasteiger partial charge in [-0.3, -0.25) is 0 Å². The Kier molecular flexibility index (Phi) is 17.0. The number of pyridine rings is 1. The fourth-order valence-corrected chi connectivity index (χ4v) is 10.9. The van der Waals surface area contributed by atoms with Crippen molar-refractivity contribution >= 4 is 70.2 Å². The van der Waals surface area contributed by atoms with Gasteiger partial charge in [0, 0.05) is 72.7 Å². The first-order valence-corrected chi connectivity index (χ1v) is 25.7. The number of nitrogens with zero attached hydrogens (tertiary/aromatic N) is 3. The summed E-state index contributed by atoms with van der Waals surface area (Å²) in [6.07, 6.45) is 8.90. The minimum atomic E-state index is -2.08. The third-order valence-corrected chi connectivity index (χ3v) is 14.6. The molecular formula is C54H63N6O7PS. The van der Waals surface area contributed by atoms with E-state index in [2.05, 4.69) is 61.8 Å². The lowest BCUT2D eigenvalue weighted by atomic mass is 9.70. The lowest BCUT2D eigenvalue weighted by Gasteiger charge is -2.38. The highest BCUT2D eigenvalue weighted by Crippen LogP contribution is 2.45. The summed E-state index contributed by atoms with van der Waals surface area (Å²) in [5, 5.41) is 28.7. The van der Waals surface area contributed by atoms with Crippen LogP contribution in [0.2, 0.25) is 0 Å². The Morgan fingerprint density at radius 1 is 1.00 bits per heavy atom. The van der Waals surface area contributed by atoms with E-state index in [1.807, 2.05) is 86.8 Å². The van der Waals surface area contributed by atoms with Crippen LogP contribution in [0, 0.1) is 16.2 Å². The van der Waals surface area contributed by atoms with Gasteiger partial charge in [-0.15, -0.1) is 11.3 Å². The summed E-state index contributed by atoms with van der Waals surface area (Å²) in [5.74, 6) is -1.19. The van der Waals surface area contributed by atoms with E-state index in [1.54, 1.807) is 22.3 Å². The summed E-state index contributed by atoms with van der Waals surface area (Å²) in [6.45, 7) is 9.96. The normalized spacial score (nSPS) is 18.5. The van der Waals surface area contributed by atoms with Crippen LogP contribution in [-0.2, 0) is 16.1 Å². The Labute approximate surface area is 409 Å². The first-order valence-electron chi connectivity index (χ1n) is 23.4. The highest BCUT2D eigenvalue weighted by molar-refractivity contribution is 7.45. The molecule has 3 unspecified atom stereocenters. The Morgan fingerprint density at radius 2 is 1.80 bits per heavy atom. The third-order valence-electron chi connectivity index (χ3n) is 12.8. The molecule has 6 N–H and O–H groups in total. The number of carboxylic acid groups (broad SMARTS) is 1. The van der Waals surface area contributed by atoms with Gasteiger partial charge in [-0.05, 0) is 102 Å². The quantitative estimate of drug-likeness (QED) is 0.0229. The number of carbonyl (C=O) groups excluding carboxylic acids is 1. The predicted octanol–water partition coefficient (Wildman–Crippen LogP) is 11.8. The zero-order valence-electron chi connectivity index (χ0n) is 40.0. The largest absolute Gasteiger partial charge is 0.476 e. The first kappa shape index (κ1) is 50.8. The van der Waals surface area contributed by atoms with Gasteiger partial charge in [0.1, 0.15) is 11.6 Å². The van der Waals surface area contributed by atoms with Gasteiger partial charge in [-0.1, -0.05) is 93.9 Å². The predicted molar refractivity (Wildman–Crippen MR) is 280 cm³/mol. The van der Waals surface area contributed by atoms with Crippen LogP contribution in [0.4, 0.5) is 10.5 Å². The molecule has 2 heterocycles. The van der Waals surface area contributed by atoms with E-state index in [1.165, 1.54) is 6.21 Å². The van der Waals surface area contributed by atoms with E-state index < -0.39 is 20.4 Å². The van der Waals surface area contributed by atoms with Crippen LogP contribution in [0.25, 0.3) is 48.4 Å². The van der Waals surface area contributed by atoms with E-state index in [-0.39, 0.29) is 55.1 Å². The van der Waals surface area contributed by atoms with Crippen molar-refractivity contribution in [2.45, 2.75) is 72.5 Å². The zero-order chi connectivity index (χ0) is 49.1. The lowest BCUT2D eigenvalue weighted by molar-refractivity contribution is 0.0276. The average Bonchev–Trinajstić information content (AvgIpc) is 3.73. The molecule has 0 fully saturated rings. The van der Waals surface area contributed by atoms with Gasteiger partial charge >= 0.3 is 12.1 Å². The second-order valence-electron chi connectivity index (χ2n) is 18.5. The monoisotopic (exact) mass is 970 g/mol. The van der Waals surface area contributed by atoms with Crippen LogP contribution in [0.1, 0.15) is 81.4 Å². The molecule has 0 spiro atoms. The van der Waals surface area contributed by atoms with E-state index in [4.69, 9.17) is 24.9 Å². The standard InChI is InChI=1S/C54H63N6O7PS/c1-6-24-53(3)25-23-41(66-28-27-60(26-10-29-68(64)65)52(63)67-33-37-15-19-40(56-5)20-16-37)31-54(4,34-53)35-57-36(2)45(32-55)42-21-22-46(58-49(42)51(61)62)39-18-17-38-11-9-12-43(44(38)30-39)50-59-47-13-7-8-14-48(47)69-50/h7-9,11-23,25,30,32,41,55-57,64-65H,6,10,24,26-29,31,33-35H2,1-5H3,(H,61,62)/b45-36+,55-32?. The molecule has 2 aromatic heterocycles. The second-order valence-corrected chi connectivity index (χ2v) is 20.7. The highest BCUT2D eigenvalue weighted by Gasteiger charge is 2.38. The summed E-state index contributed by atoms with van der Waals surface area (Å²) < 4.78 is 13.3. The minimum absolute atomic E-state index is 0.103. The molecule has 7 rings (SSSR count). The number of hydrogen-bond donors (Lipinski definition) is 6. The number of aromatic nitrogens is 2. The van der Waals surface area contributed by atoms with Crippen molar-refractivity contribution in [1.29, 1.82) is 5.41 Å². The molecule has 15 heteroatoms. The number of allylic oxidation sites excluding steroid dienone is 3. The van der Waals surface area contributed by atoms with Crippen molar-refractivity contribution in [3.05, 3.63) is 132 Å². The van der Waals surface area contributed by atoms with Crippen LogP contribution in [0.3, 0.4) is 0 Å². The van der Waals surface area contributed by atoms with Crippen LogP contribution in [0.5, 0.6) is 0 Å². The number of hydrogen-bond acceptors (Lipinski definition) is 12. The Hall–Kier alpha value is -6.02. The fraction of sp³-hybridized carbons (Fsp3) is 0.352. The number of carboxylic acids is 1. The van der Waals surface area contributed by atoms with Gasteiger partial charge in [0.15, 0.2) is 14.1 Å². The molecule has 0 aliphatic heterocycles. The van der Waals surface area contributed by atoms with Gasteiger partial charge in [-0.2, -0.15) is 0 Å². The lowest BCUT2D eigenvalue weighted by Crippen LogP contribution is -2.38. The topological polar surface area (TPSA) is 190 Å². The molecule has 1 aliphatic carbocycles. The summed E-state index contributed by atoms with van der Waals surface area (Å²) in [5.41, 5.74) is 5.88. The van der Waals surface area contributed by atoms with Gasteiger partial charge in [0.25, 0.3) is 0 Å². The van der Waals surface area contributed by atoms with E-state index >= 15 is 0 Å². The van der Waals surface area contributed by atoms with Gasteiger partial charge in [0.2, 0.25) is 0 Å². The zero-order valence-corrected chi connectivity index (χ0v) is 41.7. The maximum Gasteiger partial charge on any atom is 0.410 e. The number of ether oxygens (including phenoxy) is 2. The highest BCUT2D eigenvalue weighted by atomic mass is 32.1. The number of fused-ring (bicyclic) bond motifs is 2. The smallest absolute Gasteiger partial charge is 0.410 e. The average molecular weight is 971 g/mol. The van der Waals surface area contributed by atoms with Crippen molar-refractivity contribution < 1.29 is 34.0 Å². The van der Waals surface area contributed by atoms with E-state index in [0.29, 0.717) is 41.9 Å². The molecule has 0 saturated carbocycles.